The van der Waals surface area contributed by atoms with Gasteiger partial charge in [-0.15, -0.1) is 35.3 Å². The Morgan fingerprint density at radius 3 is 2.63 bits per heavy atom. The number of anilines is 1. The second kappa shape index (κ2) is 12.7. The number of rotatable bonds is 7. The largest absolute Gasteiger partial charge is 0.356 e. The lowest BCUT2D eigenvalue weighted by Gasteiger charge is -2.33. The van der Waals surface area contributed by atoms with Gasteiger partial charge in [-0.1, -0.05) is 6.07 Å². The average molecular weight is 543 g/mol. The molecule has 3 rings (SSSR count). The Labute approximate surface area is 199 Å². The van der Waals surface area contributed by atoms with Crippen molar-refractivity contribution < 1.29 is 4.79 Å². The van der Waals surface area contributed by atoms with Gasteiger partial charge in [0.15, 0.2) is 5.96 Å². The predicted molar refractivity (Wildman–Crippen MR) is 133 cm³/mol. The topological polar surface area (TPSA) is 85.8 Å². The van der Waals surface area contributed by atoms with Crippen LogP contribution in [0.15, 0.2) is 41.0 Å². The first-order valence-electron chi connectivity index (χ1n) is 9.91. The Balaban J connectivity index is 0.00000320. The van der Waals surface area contributed by atoms with E-state index >= 15 is 0 Å². The van der Waals surface area contributed by atoms with Gasteiger partial charge in [0.05, 0.1) is 0 Å². The summed E-state index contributed by atoms with van der Waals surface area (Å²) < 4.78 is 0. The molecule has 1 aliphatic rings. The number of nitrogens with zero attached hydrogens (tertiary/aromatic N) is 5. The molecule has 2 aromatic heterocycles. The van der Waals surface area contributed by atoms with Crippen molar-refractivity contribution in [2.75, 3.05) is 45.2 Å². The van der Waals surface area contributed by atoms with Crippen LogP contribution in [0.2, 0.25) is 0 Å². The number of aliphatic imine (C=N–C) groups is 1. The third kappa shape index (κ3) is 7.71. The summed E-state index contributed by atoms with van der Waals surface area (Å²) in [6.07, 6.45) is 6.41. The molecule has 1 aliphatic heterocycles. The number of hydrogen-bond acceptors (Lipinski definition) is 6. The predicted octanol–water partition coefficient (Wildman–Crippen LogP) is 1.99. The number of halogens is 1. The number of carbonyl (C=O) groups is 1. The van der Waals surface area contributed by atoms with Crippen molar-refractivity contribution in [1.82, 2.24) is 25.5 Å². The van der Waals surface area contributed by atoms with E-state index in [9.17, 15) is 4.79 Å². The van der Waals surface area contributed by atoms with Gasteiger partial charge < -0.3 is 20.4 Å². The summed E-state index contributed by atoms with van der Waals surface area (Å²) in [6.45, 7) is 2.69. The molecule has 0 atom stereocenters. The minimum absolute atomic E-state index is 0. The zero-order valence-corrected chi connectivity index (χ0v) is 20.6. The van der Waals surface area contributed by atoms with Crippen LogP contribution >= 0.6 is 35.3 Å². The van der Waals surface area contributed by atoms with E-state index in [4.69, 9.17) is 0 Å². The molecule has 164 valence electrons. The Hall–Kier alpha value is -1.95. The quantitative estimate of drug-likeness (QED) is 0.316. The Morgan fingerprint density at radius 2 is 2.00 bits per heavy atom. The third-order valence-electron chi connectivity index (χ3n) is 4.79. The van der Waals surface area contributed by atoms with Gasteiger partial charge in [0, 0.05) is 57.0 Å². The molecule has 0 spiro atoms. The van der Waals surface area contributed by atoms with Gasteiger partial charge in [-0.2, -0.15) is 0 Å². The maximum atomic E-state index is 11.9. The molecule has 1 saturated heterocycles. The molecule has 2 N–H and O–H groups in total. The minimum atomic E-state index is -0.0135. The normalized spacial score (nSPS) is 14.7. The molecule has 0 unspecified atom stereocenters. The number of hydrogen-bond donors (Lipinski definition) is 2. The van der Waals surface area contributed by atoms with Crippen molar-refractivity contribution in [2.24, 2.45) is 4.99 Å². The van der Waals surface area contributed by atoms with Gasteiger partial charge in [0.25, 0.3) is 0 Å². The van der Waals surface area contributed by atoms with E-state index in [0.29, 0.717) is 12.0 Å². The number of carbonyl (C=O) groups excluding carboxylic acids is 1. The zero-order chi connectivity index (χ0) is 20.5. The molecule has 10 heteroatoms. The lowest BCUT2D eigenvalue weighted by atomic mass is 10.1. The molecular formula is C20H30IN7OS. The fourth-order valence-corrected chi connectivity index (χ4v) is 3.78. The monoisotopic (exact) mass is 543 g/mol. The summed E-state index contributed by atoms with van der Waals surface area (Å²) >= 11 is 1.75. The average Bonchev–Trinajstić information content (AvgIpc) is 3.26. The highest BCUT2D eigenvalue weighted by Gasteiger charge is 2.21. The number of guanidine groups is 1. The van der Waals surface area contributed by atoms with E-state index in [1.54, 1.807) is 42.7 Å². The second-order valence-electron chi connectivity index (χ2n) is 7.16. The van der Waals surface area contributed by atoms with E-state index in [0.717, 1.165) is 44.8 Å². The molecule has 2 aromatic rings. The molecule has 0 saturated carbocycles. The smallest absolute Gasteiger partial charge is 0.243 e. The van der Waals surface area contributed by atoms with Gasteiger partial charge >= 0.3 is 0 Å². The van der Waals surface area contributed by atoms with Gasteiger partial charge in [-0.05, 0) is 36.8 Å². The number of piperidine rings is 1. The first-order valence-corrected chi connectivity index (χ1v) is 10.8. The van der Waals surface area contributed by atoms with Crippen LogP contribution in [0.1, 0.15) is 17.7 Å². The second-order valence-corrected chi connectivity index (χ2v) is 8.20. The Morgan fingerprint density at radius 1 is 1.27 bits per heavy atom. The van der Waals surface area contributed by atoms with Gasteiger partial charge in [-0.25, -0.2) is 15.0 Å². The SMILES string of the molecule is CN(C)C(=O)CN=C(NCCc1cccs1)NC1CCN(c2ncccn2)CC1.I. The highest BCUT2D eigenvalue weighted by molar-refractivity contribution is 14.0. The molecule has 3 heterocycles. The van der Waals surface area contributed by atoms with E-state index in [1.165, 1.54) is 4.88 Å². The van der Waals surface area contributed by atoms with E-state index in [1.807, 2.05) is 6.07 Å². The summed E-state index contributed by atoms with van der Waals surface area (Å²) in [5, 5.41) is 8.97. The molecule has 0 aromatic carbocycles. The number of amides is 1. The number of aromatic nitrogens is 2. The van der Waals surface area contributed by atoms with Crippen molar-refractivity contribution in [3.05, 3.63) is 40.8 Å². The molecular weight excluding hydrogens is 513 g/mol. The van der Waals surface area contributed by atoms with Crippen LogP contribution < -0.4 is 15.5 Å². The van der Waals surface area contributed by atoms with Crippen LogP contribution in [0.5, 0.6) is 0 Å². The Kier molecular flexibility index (Phi) is 10.3. The van der Waals surface area contributed by atoms with Crippen molar-refractivity contribution >= 4 is 53.1 Å². The molecule has 8 nitrogen and oxygen atoms in total. The van der Waals surface area contributed by atoms with Gasteiger partial charge in [0.1, 0.15) is 6.54 Å². The van der Waals surface area contributed by atoms with E-state index < -0.39 is 0 Å². The summed E-state index contributed by atoms with van der Waals surface area (Å²) in [5.41, 5.74) is 0. The fraction of sp³-hybridized carbons (Fsp3) is 0.500. The number of likely N-dealkylation sites (N-methyl/N-ethyl adjacent to an activating group) is 1. The van der Waals surface area contributed by atoms with E-state index in [-0.39, 0.29) is 36.4 Å². The molecule has 0 bridgehead atoms. The molecule has 1 fully saturated rings. The van der Waals surface area contributed by atoms with Crippen molar-refractivity contribution in [3.63, 3.8) is 0 Å². The maximum Gasteiger partial charge on any atom is 0.243 e. The van der Waals surface area contributed by atoms with Crippen LogP contribution in [-0.2, 0) is 11.2 Å². The highest BCUT2D eigenvalue weighted by atomic mass is 127. The molecule has 1 amide bonds. The van der Waals surface area contributed by atoms with Crippen LogP contribution in [0.25, 0.3) is 0 Å². The first kappa shape index (κ1) is 24.3. The van der Waals surface area contributed by atoms with Crippen molar-refractivity contribution in [2.45, 2.75) is 25.3 Å². The number of nitrogens with one attached hydrogen (secondary N) is 2. The lowest BCUT2D eigenvalue weighted by molar-refractivity contribution is -0.127. The summed E-state index contributed by atoms with van der Waals surface area (Å²) in [6, 6.07) is 6.33. The lowest BCUT2D eigenvalue weighted by Crippen LogP contribution is -2.49. The van der Waals surface area contributed by atoms with Crippen LogP contribution in [0.4, 0.5) is 5.95 Å². The van der Waals surface area contributed by atoms with E-state index in [2.05, 4.69) is 48.0 Å². The third-order valence-corrected chi connectivity index (χ3v) is 5.72. The highest BCUT2D eigenvalue weighted by Crippen LogP contribution is 2.15. The summed E-state index contributed by atoms with van der Waals surface area (Å²) in [7, 11) is 3.49. The van der Waals surface area contributed by atoms with Crippen LogP contribution in [-0.4, -0.2) is 73.1 Å². The standard InChI is InChI=1S/C20H29N7OS.HI/c1-26(2)18(28)15-24-19(21-11-6-17-5-3-14-29-17)25-16-7-12-27(13-8-16)20-22-9-4-10-23-20;/h3-5,9-10,14,16H,6-8,11-13,15H2,1-2H3,(H2,21,24,25);1H. The van der Waals surface area contributed by atoms with Gasteiger partial charge in [0.2, 0.25) is 11.9 Å². The fourth-order valence-electron chi connectivity index (χ4n) is 3.07. The van der Waals surface area contributed by atoms with Gasteiger partial charge in [-0.3, -0.25) is 4.79 Å². The van der Waals surface area contributed by atoms with Crippen LogP contribution in [0.3, 0.4) is 0 Å². The number of thiophene rings is 1. The summed E-state index contributed by atoms with van der Waals surface area (Å²) in [5.74, 6) is 1.47. The zero-order valence-electron chi connectivity index (χ0n) is 17.5. The Bertz CT molecular complexity index is 778. The van der Waals surface area contributed by atoms with Crippen molar-refractivity contribution in [1.29, 1.82) is 0 Å². The molecule has 0 radical (unpaired) electrons. The summed E-state index contributed by atoms with van der Waals surface area (Å²) in [4.78, 5) is 30.2. The maximum absolute atomic E-state index is 11.9. The molecule has 30 heavy (non-hydrogen) atoms. The minimum Gasteiger partial charge on any atom is -0.356 e. The molecule has 0 aliphatic carbocycles. The first-order chi connectivity index (χ1) is 14.1. The van der Waals surface area contributed by atoms with Crippen LogP contribution in [0, 0.1) is 0 Å². The van der Waals surface area contributed by atoms with Crippen molar-refractivity contribution in [3.8, 4) is 0 Å².